The molecule has 0 N–H and O–H groups in total. The number of ketones is 1. The molecule has 0 aliphatic carbocycles. The van der Waals surface area contributed by atoms with Gasteiger partial charge < -0.3 is 0 Å². The summed E-state index contributed by atoms with van der Waals surface area (Å²) in [7, 11) is 0. The zero-order valence-corrected chi connectivity index (χ0v) is 31.7. The molecular formula is C35H88O. The Kier molecular flexibility index (Phi) is 138. The van der Waals surface area contributed by atoms with E-state index in [4.69, 9.17) is 0 Å². The van der Waals surface area contributed by atoms with Crippen molar-refractivity contribution in [2.75, 3.05) is 0 Å². The van der Waals surface area contributed by atoms with Crippen LogP contribution < -0.4 is 0 Å². The Labute approximate surface area is 238 Å². The normalized spacial score (nSPS) is 7.89. The van der Waals surface area contributed by atoms with Crippen LogP contribution in [-0.4, -0.2) is 5.78 Å². The topological polar surface area (TPSA) is 17.1 Å². The molecule has 0 aromatic carbocycles. The lowest BCUT2D eigenvalue weighted by atomic mass is 9.89. The summed E-state index contributed by atoms with van der Waals surface area (Å²) in [5, 5.41) is 0. The Bertz CT molecular complexity index is 218. The van der Waals surface area contributed by atoms with Crippen molar-refractivity contribution in [3.63, 3.8) is 0 Å². The first-order chi connectivity index (χ1) is 16.5. The van der Waals surface area contributed by atoms with Gasteiger partial charge in [0.05, 0.1) is 0 Å². The van der Waals surface area contributed by atoms with Crippen LogP contribution in [0, 0.1) is 23.2 Å². The molecule has 0 aromatic heterocycles. The van der Waals surface area contributed by atoms with E-state index in [-0.39, 0.29) is 5.41 Å². The molecule has 0 saturated carbocycles. The zero-order chi connectivity index (χ0) is 32.3. The van der Waals surface area contributed by atoms with Crippen molar-refractivity contribution < 1.29 is 4.79 Å². The van der Waals surface area contributed by atoms with Gasteiger partial charge in [-0.05, 0) is 23.2 Å². The van der Waals surface area contributed by atoms with Gasteiger partial charge in [-0.15, -0.1) is 0 Å². The second kappa shape index (κ2) is 76.5. The molecule has 1 heteroatoms. The summed E-state index contributed by atoms with van der Waals surface area (Å²) < 4.78 is 0. The van der Waals surface area contributed by atoms with E-state index in [2.05, 4.69) is 111 Å². The molecular weight excluding hydrogens is 436 g/mol. The predicted octanol–water partition coefficient (Wildman–Crippen LogP) is 14.7. The maximum absolute atomic E-state index is 10.8. The SMILES string of the molecule is CC.CC.CC.CC.CC(C)C.CC(C)C.CCC.CCC.CCC(=O)CC(C)(C)C.CCC(C)C. The van der Waals surface area contributed by atoms with Crippen LogP contribution in [0.4, 0.5) is 0 Å². The monoisotopic (exact) mass is 525 g/mol. The van der Waals surface area contributed by atoms with E-state index < -0.39 is 0 Å². The smallest absolute Gasteiger partial charge is 0.133 e. The van der Waals surface area contributed by atoms with Gasteiger partial charge in [-0.3, -0.25) is 4.79 Å². The number of hydrogen-bond donors (Lipinski definition) is 0. The van der Waals surface area contributed by atoms with Crippen molar-refractivity contribution in [3.8, 4) is 0 Å². The van der Waals surface area contributed by atoms with Crippen molar-refractivity contribution in [2.24, 2.45) is 23.2 Å². The van der Waals surface area contributed by atoms with Crippen molar-refractivity contribution in [1.29, 1.82) is 0 Å². The van der Waals surface area contributed by atoms with Gasteiger partial charge in [0, 0.05) is 12.8 Å². The Morgan fingerprint density at radius 2 is 0.667 bits per heavy atom. The third-order valence-corrected chi connectivity index (χ3v) is 1.94. The third kappa shape index (κ3) is 478. The Hall–Kier alpha value is -0.330. The summed E-state index contributed by atoms with van der Waals surface area (Å²) in [5.74, 6) is 2.91. The molecule has 1 nitrogen and oxygen atoms in total. The van der Waals surface area contributed by atoms with Crippen LogP contribution >= 0.6 is 0 Å². The van der Waals surface area contributed by atoms with Crippen LogP contribution in [0.5, 0.6) is 0 Å². The molecule has 0 aromatic rings. The first kappa shape index (κ1) is 65.1. The molecule has 0 fully saturated rings. The third-order valence-electron chi connectivity index (χ3n) is 1.94. The lowest BCUT2D eigenvalue weighted by Crippen LogP contribution is -2.11. The Morgan fingerprint density at radius 1 is 0.528 bits per heavy atom. The highest BCUT2D eigenvalue weighted by atomic mass is 16.1. The van der Waals surface area contributed by atoms with E-state index in [0.717, 1.165) is 17.8 Å². The maximum atomic E-state index is 10.8. The van der Waals surface area contributed by atoms with Crippen LogP contribution in [0.3, 0.4) is 0 Å². The summed E-state index contributed by atoms with van der Waals surface area (Å²) in [4.78, 5) is 10.8. The summed E-state index contributed by atoms with van der Waals surface area (Å²) in [6, 6.07) is 0. The van der Waals surface area contributed by atoms with E-state index in [9.17, 15) is 4.79 Å². The van der Waals surface area contributed by atoms with Crippen LogP contribution in [0.25, 0.3) is 0 Å². The molecule has 0 amide bonds. The van der Waals surface area contributed by atoms with Gasteiger partial charge in [0.2, 0.25) is 0 Å². The van der Waals surface area contributed by atoms with Crippen molar-refractivity contribution in [2.45, 2.75) is 205 Å². The Balaban J connectivity index is -0.0000000277. The maximum Gasteiger partial charge on any atom is 0.133 e. The van der Waals surface area contributed by atoms with E-state index in [0.29, 0.717) is 18.6 Å². The van der Waals surface area contributed by atoms with Gasteiger partial charge >= 0.3 is 0 Å². The molecule has 0 heterocycles. The fourth-order valence-electron chi connectivity index (χ4n) is 0.717. The molecule has 234 valence electrons. The largest absolute Gasteiger partial charge is 0.300 e. The lowest BCUT2D eigenvalue weighted by molar-refractivity contribution is -0.120. The van der Waals surface area contributed by atoms with Crippen molar-refractivity contribution in [3.05, 3.63) is 0 Å². The van der Waals surface area contributed by atoms with Gasteiger partial charge in [0.1, 0.15) is 5.78 Å². The van der Waals surface area contributed by atoms with Gasteiger partial charge in [0.25, 0.3) is 0 Å². The first-order valence-corrected chi connectivity index (χ1v) is 16.0. The highest BCUT2D eigenvalue weighted by Gasteiger charge is 2.13. The van der Waals surface area contributed by atoms with Crippen LogP contribution in [0.15, 0.2) is 0 Å². The minimum atomic E-state index is 0.174. The number of rotatable bonds is 3. The van der Waals surface area contributed by atoms with E-state index >= 15 is 0 Å². The van der Waals surface area contributed by atoms with Crippen LogP contribution in [0.2, 0.25) is 0 Å². The number of carbonyl (C=O) groups excluding carboxylic acids is 1. The van der Waals surface area contributed by atoms with Gasteiger partial charge in [-0.25, -0.2) is 0 Å². The molecule has 0 aliphatic heterocycles. The van der Waals surface area contributed by atoms with Crippen LogP contribution in [-0.2, 0) is 4.79 Å². The second-order valence-corrected chi connectivity index (χ2v) is 10.3. The van der Waals surface area contributed by atoms with E-state index in [1.165, 1.54) is 19.3 Å². The highest BCUT2D eigenvalue weighted by molar-refractivity contribution is 5.78. The summed E-state index contributed by atoms with van der Waals surface area (Å²) in [6.07, 6.45) is 5.20. The second-order valence-electron chi connectivity index (χ2n) is 10.3. The minimum Gasteiger partial charge on any atom is -0.300 e. The van der Waals surface area contributed by atoms with Gasteiger partial charge in [-0.1, -0.05) is 192 Å². The minimum absolute atomic E-state index is 0.174. The fraction of sp³-hybridized carbons (Fsp3) is 0.971. The molecule has 36 heavy (non-hydrogen) atoms. The average Bonchev–Trinajstić information content (AvgIpc) is 2.79. The molecule has 0 atom stereocenters. The summed E-state index contributed by atoms with van der Waals surface area (Å²) in [6.45, 7) is 52.3. The van der Waals surface area contributed by atoms with Crippen molar-refractivity contribution >= 4 is 5.78 Å². The standard InChI is InChI=1S/C8H16O.C5H12.2C4H10.2C3H8.4C2H6/c1-5-7(9)6-8(2,3)4;1-4-5(2)3;2*1-4(2)3;2*1-3-2;4*1-2/h5-6H2,1-4H3;5H,4H2,1-3H3;2*4H,1-3H3;2*3H2,1-2H3;4*1-2H3. The van der Waals surface area contributed by atoms with Gasteiger partial charge in [-0.2, -0.15) is 0 Å². The summed E-state index contributed by atoms with van der Waals surface area (Å²) in [5.41, 5.74) is 0.174. The first-order valence-electron chi connectivity index (χ1n) is 16.0. The number of Topliss-reactive ketones (excluding diaryl/α,β-unsaturated/α-hetero) is 1. The number of hydrogen-bond acceptors (Lipinski definition) is 1. The number of carbonyl (C=O) groups is 1. The zero-order valence-electron chi connectivity index (χ0n) is 31.7. The van der Waals surface area contributed by atoms with Crippen molar-refractivity contribution in [1.82, 2.24) is 0 Å². The molecule has 0 radical (unpaired) electrons. The highest BCUT2D eigenvalue weighted by Crippen LogP contribution is 2.19. The van der Waals surface area contributed by atoms with Gasteiger partial charge in [0.15, 0.2) is 0 Å². The molecule has 0 bridgehead atoms. The Morgan fingerprint density at radius 3 is 0.694 bits per heavy atom. The fourth-order valence-corrected chi connectivity index (χ4v) is 0.717. The molecule has 0 unspecified atom stereocenters. The van der Waals surface area contributed by atoms with Crippen LogP contribution in [0.1, 0.15) is 205 Å². The summed E-state index contributed by atoms with van der Waals surface area (Å²) >= 11 is 0. The molecule has 0 spiro atoms. The predicted molar refractivity (Wildman–Crippen MR) is 183 cm³/mol. The lowest BCUT2D eigenvalue weighted by Gasteiger charge is -2.15. The molecule has 0 aliphatic rings. The molecule has 0 saturated heterocycles. The quantitative estimate of drug-likeness (QED) is 0.358. The molecule has 0 rings (SSSR count). The average molecular weight is 525 g/mol. The van der Waals surface area contributed by atoms with E-state index in [1.807, 2.05) is 62.3 Å². The van der Waals surface area contributed by atoms with E-state index in [1.54, 1.807) is 0 Å².